The maximum Gasteiger partial charge on any atom is 0.416 e. The normalized spacial score (nSPS) is 16.1. The van der Waals surface area contributed by atoms with Crippen molar-refractivity contribution in [1.29, 1.82) is 0 Å². The molecule has 1 aromatic heterocycles. The number of likely N-dealkylation sites (tertiary alicyclic amines) is 1. The molecule has 0 unspecified atom stereocenters. The van der Waals surface area contributed by atoms with Crippen LogP contribution < -0.4 is 0 Å². The summed E-state index contributed by atoms with van der Waals surface area (Å²) in [6.07, 6.45) is 2.06. The van der Waals surface area contributed by atoms with Gasteiger partial charge in [-0.2, -0.15) is 13.2 Å². The number of alkyl halides is 3. The molecule has 0 N–H and O–H groups in total. The highest BCUT2D eigenvalue weighted by atomic mass is 19.4. The van der Waals surface area contributed by atoms with E-state index in [0.717, 1.165) is 43.8 Å². The van der Waals surface area contributed by atoms with Gasteiger partial charge in [0.15, 0.2) is 0 Å². The number of amides is 1. The number of aromatic nitrogens is 2. The van der Waals surface area contributed by atoms with E-state index in [1.54, 1.807) is 4.90 Å². The summed E-state index contributed by atoms with van der Waals surface area (Å²) in [5, 5.41) is 0. The fourth-order valence-corrected chi connectivity index (χ4v) is 3.40. The predicted octanol–water partition coefficient (Wildman–Crippen LogP) is 4.02. The van der Waals surface area contributed by atoms with Crippen molar-refractivity contribution in [2.45, 2.75) is 38.9 Å². The van der Waals surface area contributed by atoms with Crippen LogP contribution in [0.4, 0.5) is 13.2 Å². The summed E-state index contributed by atoms with van der Waals surface area (Å²) in [5.41, 5.74) is -0.431. The number of carbonyl (C=O) groups excluding carboxylic acids is 1. The molecule has 1 amide bonds. The fraction of sp³-hybridized carbons (Fsp3) is 0.474. The molecule has 26 heavy (non-hydrogen) atoms. The Balaban J connectivity index is 1.56. The van der Waals surface area contributed by atoms with Crippen LogP contribution in [-0.4, -0.2) is 33.4 Å². The number of nitrogens with zero attached hydrogens (tertiary/aromatic N) is 3. The average Bonchev–Trinajstić information content (AvgIpc) is 3.08. The van der Waals surface area contributed by atoms with Crippen molar-refractivity contribution in [3.8, 4) is 0 Å². The van der Waals surface area contributed by atoms with Gasteiger partial charge in [-0.15, -0.1) is 0 Å². The lowest BCUT2D eigenvalue weighted by Crippen LogP contribution is -2.39. The number of imidazole rings is 1. The molecule has 0 bridgehead atoms. The molecule has 1 aromatic carbocycles. The number of halogens is 3. The van der Waals surface area contributed by atoms with Gasteiger partial charge in [-0.1, -0.05) is 6.92 Å². The summed E-state index contributed by atoms with van der Waals surface area (Å²) in [5.74, 6) is 1.34. The van der Waals surface area contributed by atoms with Gasteiger partial charge in [-0.25, -0.2) is 4.98 Å². The number of carbonyl (C=O) groups is 1. The number of hydrogen-bond donors (Lipinski definition) is 0. The second kappa shape index (κ2) is 7.51. The van der Waals surface area contributed by atoms with Gasteiger partial charge in [-0.3, -0.25) is 4.79 Å². The van der Waals surface area contributed by atoms with E-state index in [-0.39, 0.29) is 5.91 Å². The van der Waals surface area contributed by atoms with Crippen LogP contribution in [0.25, 0.3) is 0 Å². The van der Waals surface area contributed by atoms with Gasteiger partial charge in [0.25, 0.3) is 5.91 Å². The third-order valence-electron chi connectivity index (χ3n) is 4.93. The van der Waals surface area contributed by atoms with Gasteiger partial charge in [0, 0.05) is 44.0 Å². The van der Waals surface area contributed by atoms with Crippen LogP contribution in [0, 0.1) is 5.92 Å². The molecular weight excluding hydrogens is 343 g/mol. The molecule has 0 atom stereocenters. The molecule has 1 saturated heterocycles. The van der Waals surface area contributed by atoms with E-state index >= 15 is 0 Å². The molecule has 4 nitrogen and oxygen atoms in total. The first-order valence-electron chi connectivity index (χ1n) is 8.85. The molecule has 0 spiro atoms. The van der Waals surface area contributed by atoms with Gasteiger partial charge < -0.3 is 9.47 Å². The Morgan fingerprint density at radius 3 is 2.42 bits per heavy atom. The second-order valence-corrected chi connectivity index (χ2v) is 6.66. The van der Waals surface area contributed by atoms with Crippen LogP contribution in [0.5, 0.6) is 0 Å². The molecule has 140 valence electrons. The summed E-state index contributed by atoms with van der Waals surface area (Å²) < 4.78 is 40.0. The lowest BCUT2D eigenvalue weighted by Gasteiger charge is -2.32. The lowest BCUT2D eigenvalue weighted by molar-refractivity contribution is -0.137. The van der Waals surface area contributed by atoms with E-state index in [1.165, 1.54) is 12.1 Å². The summed E-state index contributed by atoms with van der Waals surface area (Å²) in [6, 6.07) is 4.45. The fourth-order valence-electron chi connectivity index (χ4n) is 3.40. The Morgan fingerprint density at radius 1 is 1.19 bits per heavy atom. The third-order valence-corrected chi connectivity index (χ3v) is 4.93. The number of benzene rings is 1. The Morgan fingerprint density at radius 2 is 1.85 bits per heavy atom. The third kappa shape index (κ3) is 4.08. The number of hydrogen-bond acceptors (Lipinski definition) is 2. The monoisotopic (exact) mass is 365 g/mol. The molecule has 0 radical (unpaired) electrons. The van der Waals surface area contributed by atoms with E-state index < -0.39 is 11.7 Å². The number of piperidine rings is 1. The van der Waals surface area contributed by atoms with Crippen molar-refractivity contribution in [3.63, 3.8) is 0 Å². The lowest BCUT2D eigenvalue weighted by atomic mass is 9.96. The number of aryl methyl sites for hydroxylation is 1. The first kappa shape index (κ1) is 18.5. The van der Waals surface area contributed by atoms with Crippen LogP contribution in [0.15, 0.2) is 36.7 Å². The average molecular weight is 365 g/mol. The number of rotatable bonds is 4. The Labute approximate surface area is 150 Å². The van der Waals surface area contributed by atoms with Crippen molar-refractivity contribution < 1.29 is 18.0 Å². The molecular formula is C19H22F3N3O. The van der Waals surface area contributed by atoms with Crippen LogP contribution in [-0.2, 0) is 19.1 Å². The maximum absolute atomic E-state index is 12.6. The van der Waals surface area contributed by atoms with Crippen molar-refractivity contribution in [1.82, 2.24) is 14.5 Å². The van der Waals surface area contributed by atoms with Crippen LogP contribution in [0.3, 0.4) is 0 Å². The summed E-state index contributed by atoms with van der Waals surface area (Å²) in [7, 11) is 0. The Hall–Kier alpha value is -2.31. The molecule has 7 heteroatoms. The van der Waals surface area contributed by atoms with Crippen LogP contribution in [0.1, 0.15) is 41.5 Å². The zero-order valence-electron chi connectivity index (χ0n) is 14.7. The topological polar surface area (TPSA) is 38.1 Å². The highest BCUT2D eigenvalue weighted by Crippen LogP contribution is 2.29. The highest BCUT2D eigenvalue weighted by Gasteiger charge is 2.31. The smallest absolute Gasteiger partial charge is 0.339 e. The van der Waals surface area contributed by atoms with Crippen LogP contribution in [0.2, 0.25) is 0 Å². The maximum atomic E-state index is 12.6. The van der Waals surface area contributed by atoms with Gasteiger partial charge in [-0.05, 0) is 43.0 Å². The Kier molecular flexibility index (Phi) is 5.34. The molecule has 2 aromatic rings. The molecule has 0 saturated carbocycles. The van der Waals surface area contributed by atoms with E-state index in [1.807, 2.05) is 12.4 Å². The Bertz CT molecular complexity index is 744. The van der Waals surface area contributed by atoms with E-state index in [0.29, 0.717) is 24.6 Å². The minimum absolute atomic E-state index is 0.200. The molecule has 1 fully saturated rings. The zero-order chi connectivity index (χ0) is 18.7. The van der Waals surface area contributed by atoms with Gasteiger partial charge in [0.2, 0.25) is 0 Å². The zero-order valence-corrected chi connectivity index (χ0v) is 14.7. The molecule has 0 aliphatic carbocycles. The first-order chi connectivity index (χ1) is 12.4. The van der Waals surface area contributed by atoms with Gasteiger partial charge >= 0.3 is 6.18 Å². The largest absolute Gasteiger partial charge is 0.416 e. The van der Waals surface area contributed by atoms with Crippen molar-refractivity contribution >= 4 is 5.91 Å². The van der Waals surface area contributed by atoms with Crippen molar-refractivity contribution in [2.24, 2.45) is 5.92 Å². The SMILES string of the molecule is CCc1nccn1CC1CCN(C(=O)c2ccc(C(F)(F)F)cc2)CC1. The summed E-state index contributed by atoms with van der Waals surface area (Å²) in [6.45, 7) is 4.22. The molecule has 2 heterocycles. The molecule has 1 aliphatic heterocycles. The van der Waals surface area contributed by atoms with Crippen molar-refractivity contribution in [2.75, 3.05) is 13.1 Å². The van der Waals surface area contributed by atoms with E-state index in [9.17, 15) is 18.0 Å². The van der Waals surface area contributed by atoms with Crippen LogP contribution >= 0.6 is 0 Å². The van der Waals surface area contributed by atoms with Gasteiger partial charge in [0.1, 0.15) is 5.82 Å². The molecule has 1 aliphatic rings. The predicted molar refractivity (Wildman–Crippen MR) is 91.7 cm³/mol. The van der Waals surface area contributed by atoms with Gasteiger partial charge in [0.05, 0.1) is 5.56 Å². The summed E-state index contributed by atoms with van der Waals surface area (Å²) >= 11 is 0. The minimum atomic E-state index is -4.38. The first-order valence-corrected chi connectivity index (χ1v) is 8.85. The minimum Gasteiger partial charge on any atom is -0.339 e. The summed E-state index contributed by atoms with van der Waals surface area (Å²) in [4.78, 5) is 18.6. The quantitative estimate of drug-likeness (QED) is 0.821. The standard InChI is InChI=1S/C19H22F3N3O/c1-2-17-23-9-12-25(17)13-14-7-10-24(11-8-14)18(26)15-3-5-16(6-4-15)19(20,21)22/h3-6,9,12,14H,2,7-8,10-11,13H2,1H3. The molecule has 3 rings (SSSR count). The second-order valence-electron chi connectivity index (χ2n) is 6.66. The highest BCUT2D eigenvalue weighted by molar-refractivity contribution is 5.94. The van der Waals surface area contributed by atoms with E-state index in [4.69, 9.17) is 0 Å². The van der Waals surface area contributed by atoms with E-state index in [2.05, 4.69) is 16.5 Å². The van der Waals surface area contributed by atoms with Crippen molar-refractivity contribution in [3.05, 3.63) is 53.6 Å².